The Balaban J connectivity index is 2.34. The van der Waals surface area contributed by atoms with Crippen LogP contribution in [0, 0.1) is 0 Å². The summed E-state index contributed by atoms with van der Waals surface area (Å²) in [5, 5.41) is 5.41. The van der Waals surface area contributed by atoms with E-state index in [1.165, 1.54) is 18.3 Å². The Morgan fingerprint density at radius 3 is 2.70 bits per heavy atom. The normalized spacial score (nSPS) is 19.4. The molecule has 4 nitrogen and oxygen atoms in total. The maximum atomic E-state index is 12.7. The van der Waals surface area contributed by atoms with Gasteiger partial charge in [-0.3, -0.25) is 4.79 Å². The van der Waals surface area contributed by atoms with E-state index in [1.807, 2.05) is 0 Å². The lowest BCUT2D eigenvalue weighted by atomic mass is 10.0. The fraction of sp³-hybridized carbons (Fsp3) is 0.250. The molecular weight excluding hydrogens is 295 g/mol. The first-order valence-electron chi connectivity index (χ1n) is 5.65. The van der Waals surface area contributed by atoms with Crippen LogP contribution in [-0.4, -0.2) is 17.4 Å². The van der Waals surface area contributed by atoms with E-state index in [9.17, 15) is 18.0 Å². The van der Waals surface area contributed by atoms with Gasteiger partial charge in [-0.25, -0.2) is 4.42 Å². The van der Waals surface area contributed by atoms with Gasteiger partial charge in [0.25, 0.3) is 5.91 Å². The van der Waals surface area contributed by atoms with Gasteiger partial charge >= 0.3 is 6.18 Å². The van der Waals surface area contributed by atoms with Crippen LogP contribution in [0.5, 0.6) is 0 Å². The van der Waals surface area contributed by atoms with E-state index in [2.05, 4.69) is 10.6 Å². The van der Waals surface area contributed by atoms with E-state index in [4.69, 9.17) is 11.8 Å². The molecule has 0 fully saturated rings. The number of amides is 1. The number of halogens is 4. The van der Waals surface area contributed by atoms with Crippen molar-refractivity contribution in [1.82, 2.24) is 15.1 Å². The predicted octanol–water partition coefficient (Wildman–Crippen LogP) is 2.35. The Bertz CT molecular complexity index is 559. The second-order valence-electron chi connectivity index (χ2n) is 4.12. The summed E-state index contributed by atoms with van der Waals surface area (Å²) in [4.78, 5) is 12.0. The summed E-state index contributed by atoms with van der Waals surface area (Å²) >= 11 is 5.80. The van der Waals surface area contributed by atoms with Crippen molar-refractivity contribution in [3.8, 4) is 0 Å². The van der Waals surface area contributed by atoms with Gasteiger partial charge in [0, 0.05) is 25.0 Å². The van der Waals surface area contributed by atoms with E-state index in [0.717, 1.165) is 16.6 Å². The topological polar surface area (TPSA) is 44.4 Å². The highest BCUT2D eigenvalue weighted by atomic mass is 35.5. The molecule has 1 heterocycles. The average molecular weight is 306 g/mol. The minimum atomic E-state index is -4.46. The van der Waals surface area contributed by atoms with Crippen LogP contribution in [0.2, 0.25) is 0 Å². The highest BCUT2D eigenvalue weighted by molar-refractivity contribution is 6.23. The van der Waals surface area contributed by atoms with Gasteiger partial charge in [0.2, 0.25) is 0 Å². The van der Waals surface area contributed by atoms with Crippen molar-refractivity contribution in [2.75, 3.05) is 7.05 Å². The van der Waals surface area contributed by atoms with Gasteiger partial charge in [-0.05, 0) is 17.7 Å². The van der Waals surface area contributed by atoms with Crippen molar-refractivity contribution in [3.05, 3.63) is 47.4 Å². The molecule has 1 aromatic carbocycles. The third kappa shape index (κ3) is 2.67. The Labute approximate surface area is 118 Å². The van der Waals surface area contributed by atoms with Crippen molar-refractivity contribution < 1.29 is 18.0 Å². The Morgan fingerprint density at radius 2 is 2.10 bits per heavy atom. The predicted molar refractivity (Wildman–Crippen MR) is 67.2 cm³/mol. The maximum Gasteiger partial charge on any atom is 0.416 e. The second-order valence-corrected chi connectivity index (χ2v) is 4.46. The van der Waals surface area contributed by atoms with E-state index in [-0.39, 0.29) is 5.56 Å². The molecular formula is C12H11ClF3N3O. The number of alkyl halides is 3. The standard InChI is InChI=1S/C12H11ClF3N3O/c1-17-9-6-18-10(11(20)19(9)13)7-3-2-4-8(5-7)12(14,15)16/h2-6,10,17-18H,1H3. The molecule has 8 heteroatoms. The van der Waals surface area contributed by atoms with Gasteiger partial charge in [0.15, 0.2) is 0 Å². The molecule has 0 bridgehead atoms. The quantitative estimate of drug-likeness (QED) is 0.825. The zero-order valence-corrected chi connectivity index (χ0v) is 11.1. The number of benzene rings is 1. The Hall–Kier alpha value is -1.89. The summed E-state index contributed by atoms with van der Waals surface area (Å²) in [5.41, 5.74) is -0.615. The molecule has 0 spiro atoms. The lowest BCUT2D eigenvalue weighted by Gasteiger charge is -2.28. The molecule has 1 aliphatic rings. The largest absolute Gasteiger partial charge is 0.416 e. The van der Waals surface area contributed by atoms with Crippen molar-refractivity contribution in [2.24, 2.45) is 0 Å². The molecule has 1 atom stereocenters. The monoisotopic (exact) mass is 305 g/mol. The number of rotatable bonds is 2. The van der Waals surface area contributed by atoms with Gasteiger partial charge in [0.1, 0.15) is 11.9 Å². The molecule has 0 saturated carbocycles. The first-order valence-corrected chi connectivity index (χ1v) is 5.99. The van der Waals surface area contributed by atoms with Crippen LogP contribution in [-0.2, 0) is 11.0 Å². The van der Waals surface area contributed by atoms with Crippen molar-refractivity contribution >= 4 is 17.7 Å². The number of nitrogens with zero attached hydrogens (tertiary/aromatic N) is 1. The fourth-order valence-corrected chi connectivity index (χ4v) is 2.06. The van der Waals surface area contributed by atoms with Gasteiger partial charge in [-0.2, -0.15) is 13.2 Å². The van der Waals surface area contributed by atoms with Crippen LogP contribution in [0.25, 0.3) is 0 Å². The third-order valence-electron chi connectivity index (χ3n) is 2.84. The van der Waals surface area contributed by atoms with Crippen LogP contribution in [0.4, 0.5) is 13.2 Å². The van der Waals surface area contributed by atoms with Crippen LogP contribution in [0.3, 0.4) is 0 Å². The molecule has 0 aliphatic carbocycles. The third-order valence-corrected chi connectivity index (χ3v) is 3.19. The summed E-state index contributed by atoms with van der Waals surface area (Å²) in [5.74, 6) is -0.238. The molecule has 1 amide bonds. The van der Waals surface area contributed by atoms with Gasteiger partial charge in [-0.1, -0.05) is 12.1 Å². The summed E-state index contributed by atoms with van der Waals surface area (Å²) in [6.07, 6.45) is -3.03. The molecule has 0 aromatic heterocycles. The number of carbonyl (C=O) groups is 1. The van der Waals surface area contributed by atoms with Crippen molar-refractivity contribution in [3.63, 3.8) is 0 Å². The van der Waals surface area contributed by atoms with Gasteiger partial charge in [0.05, 0.1) is 5.56 Å². The zero-order valence-electron chi connectivity index (χ0n) is 10.3. The Morgan fingerprint density at radius 1 is 1.40 bits per heavy atom. The minimum absolute atomic E-state index is 0.196. The molecule has 0 radical (unpaired) electrons. The van der Waals surface area contributed by atoms with Crippen LogP contribution < -0.4 is 10.6 Å². The fourth-order valence-electron chi connectivity index (χ4n) is 1.83. The molecule has 2 N–H and O–H groups in total. The molecule has 1 aliphatic heterocycles. The highest BCUT2D eigenvalue weighted by Crippen LogP contribution is 2.32. The Kier molecular flexibility index (Phi) is 3.80. The van der Waals surface area contributed by atoms with E-state index < -0.39 is 23.7 Å². The summed E-state index contributed by atoms with van der Waals surface area (Å²) in [7, 11) is 1.57. The average Bonchev–Trinajstić information content (AvgIpc) is 2.41. The lowest BCUT2D eigenvalue weighted by molar-refractivity contribution is -0.138. The molecule has 0 saturated heterocycles. The summed E-state index contributed by atoms with van der Waals surface area (Å²) in [6, 6.07) is 3.62. The number of carbonyl (C=O) groups excluding carboxylic acids is 1. The van der Waals surface area contributed by atoms with Crippen LogP contribution in [0.1, 0.15) is 17.2 Å². The molecule has 108 valence electrons. The maximum absolute atomic E-state index is 12.7. The minimum Gasteiger partial charge on any atom is -0.373 e. The molecule has 20 heavy (non-hydrogen) atoms. The van der Waals surface area contributed by atoms with E-state index in [0.29, 0.717) is 5.82 Å². The first-order chi connectivity index (χ1) is 9.34. The zero-order chi connectivity index (χ0) is 14.9. The second kappa shape index (κ2) is 5.24. The van der Waals surface area contributed by atoms with Crippen LogP contribution >= 0.6 is 11.8 Å². The number of hydrogen-bond acceptors (Lipinski definition) is 3. The number of hydrogen-bond donors (Lipinski definition) is 2. The van der Waals surface area contributed by atoms with Crippen molar-refractivity contribution in [2.45, 2.75) is 12.2 Å². The molecule has 1 aromatic rings. The molecule has 2 rings (SSSR count). The summed E-state index contributed by atoms with van der Waals surface area (Å²) < 4.78 is 38.8. The lowest BCUT2D eigenvalue weighted by Crippen LogP contribution is -2.42. The van der Waals surface area contributed by atoms with Gasteiger partial charge in [-0.15, -0.1) is 0 Å². The van der Waals surface area contributed by atoms with Crippen molar-refractivity contribution in [1.29, 1.82) is 0 Å². The smallest absolute Gasteiger partial charge is 0.373 e. The van der Waals surface area contributed by atoms with Crippen LogP contribution in [0.15, 0.2) is 36.3 Å². The summed E-state index contributed by atoms with van der Waals surface area (Å²) in [6.45, 7) is 0. The molecule has 1 unspecified atom stereocenters. The highest BCUT2D eigenvalue weighted by Gasteiger charge is 2.34. The number of nitrogens with one attached hydrogen (secondary N) is 2. The van der Waals surface area contributed by atoms with Gasteiger partial charge < -0.3 is 10.6 Å². The van der Waals surface area contributed by atoms with E-state index >= 15 is 0 Å². The first kappa shape index (κ1) is 14.5. The SMILES string of the molecule is CNC1=CNC(c2cccc(C(F)(F)F)c2)C(=O)N1Cl. The van der Waals surface area contributed by atoms with E-state index in [1.54, 1.807) is 7.05 Å².